The van der Waals surface area contributed by atoms with Crippen molar-refractivity contribution in [2.24, 2.45) is 0 Å². The highest BCUT2D eigenvalue weighted by Gasteiger charge is 2.13. The molecule has 0 aromatic carbocycles. The average Bonchev–Trinajstić information content (AvgIpc) is 3.17. The van der Waals surface area contributed by atoms with Crippen LogP contribution in [0.4, 0.5) is 0 Å². The summed E-state index contributed by atoms with van der Waals surface area (Å²) in [5.74, 6) is -0.820. The van der Waals surface area contributed by atoms with Gasteiger partial charge in [-0.3, -0.25) is 0 Å². The van der Waals surface area contributed by atoms with Crippen molar-refractivity contribution in [1.82, 2.24) is 0 Å². The summed E-state index contributed by atoms with van der Waals surface area (Å²) in [7, 11) is 0. The molecule has 59 heavy (non-hydrogen) atoms. The second kappa shape index (κ2) is 37.8. The number of ether oxygens (including phenoxy) is 11. The molecule has 13 heteroatoms. The Kier molecular flexibility index (Phi) is 36.5. The monoisotopic (exact) mass is 847 g/mol. The topological polar surface area (TPSA) is 136 Å². The lowest BCUT2D eigenvalue weighted by molar-refractivity contribution is -0.143. The highest BCUT2D eigenvalue weighted by molar-refractivity contribution is 5.81. The summed E-state index contributed by atoms with van der Waals surface area (Å²) in [6, 6.07) is 0. The Bertz CT molecular complexity index is 1030. The fraction of sp³-hybridized carbons (Fsp3) is 0.870. The molecule has 0 fully saturated rings. The maximum Gasteiger partial charge on any atom is 0.330 e. The minimum Gasteiger partial charge on any atom is -0.462 e. The molecule has 0 aromatic rings. The molecular formula is C46H86O13. The quantitative estimate of drug-likeness (QED) is 0.0430. The van der Waals surface area contributed by atoms with E-state index in [0.717, 1.165) is 57.4 Å². The predicted octanol–water partition coefficient (Wildman–Crippen LogP) is 8.38. The number of hydrogen-bond donors (Lipinski definition) is 0. The van der Waals surface area contributed by atoms with E-state index >= 15 is 0 Å². The maximum atomic E-state index is 11.2. The summed E-state index contributed by atoms with van der Waals surface area (Å²) >= 11 is 0. The largest absolute Gasteiger partial charge is 0.462 e. The minimum absolute atomic E-state index is 0.0117. The SMILES string of the molecule is C=CC(=O)OCCC(C)OCCC(C)OCCC(C)OCCC(C)OCCC(C)OCCC(C)OCCC(C)OCCC(C)OCCC(C)OCCC(C)OC(=O)C=C. The van der Waals surface area contributed by atoms with Crippen molar-refractivity contribution >= 4 is 11.9 Å². The molecule has 10 atom stereocenters. The molecule has 0 rings (SSSR count). The first kappa shape index (κ1) is 57.1. The Morgan fingerprint density at radius 3 is 0.712 bits per heavy atom. The summed E-state index contributed by atoms with van der Waals surface area (Å²) < 4.78 is 63.7. The number of carbonyl (C=O) groups excluding carboxylic acids is 2. The summed E-state index contributed by atoms with van der Waals surface area (Å²) in [5.41, 5.74) is 0. The molecule has 10 unspecified atom stereocenters. The molecule has 0 radical (unpaired) electrons. The first-order valence-electron chi connectivity index (χ1n) is 22.3. The van der Waals surface area contributed by atoms with E-state index in [1.165, 1.54) is 6.08 Å². The molecule has 13 nitrogen and oxygen atoms in total. The molecule has 0 saturated heterocycles. The Morgan fingerprint density at radius 1 is 0.322 bits per heavy atom. The van der Waals surface area contributed by atoms with E-state index in [1.807, 2.05) is 20.8 Å². The molecule has 0 aliphatic rings. The van der Waals surface area contributed by atoms with E-state index in [0.29, 0.717) is 78.9 Å². The molecular weight excluding hydrogens is 760 g/mol. The van der Waals surface area contributed by atoms with E-state index in [4.69, 9.17) is 52.1 Å². The Morgan fingerprint density at radius 2 is 0.508 bits per heavy atom. The van der Waals surface area contributed by atoms with Crippen LogP contribution in [-0.2, 0) is 61.7 Å². The molecule has 0 spiro atoms. The summed E-state index contributed by atoms with van der Waals surface area (Å²) in [6.07, 6.45) is 10.9. The van der Waals surface area contributed by atoms with Crippen LogP contribution in [0.25, 0.3) is 0 Å². The van der Waals surface area contributed by atoms with Gasteiger partial charge in [0, 0.05) is 77.8 Å². The van der Waals surface area contributed by atoms with Crippen molar-refractivity contribution < 1.29 is 61.7 Å². The van der Waals surface area contributed by atoms with Gasteiger partial charge >= 0.3 is 11.9 Å². The number of rotatable bonds is 42. The summed E-state index contributed by atoms with van der Waals surface area (Å²) in [5, 5.41) is 0. The highest BCUT2D eigenvalue weighted by Crippen LogP contribution is 2.11. The van der Waals surface area contributed by atoms with E-state index < -0.39 is 11.9 Å². The molecule has 0 heterocycles. The molecule has 0 N–H and O–H groups in total. The van der Waals surface area contributed by atoms with Gasteiger partial charge in [0.15, 0.2) is 0 Å². The lowest BCUT2D eigenvalue weighted by Gasteiger charge is -2.20. The number of esters is 2. The molecule has 0 saturated carbocycles. The van der Waals surface area contributed by atoms with Gasteiger partial charge in [-0.05, 0) is 121 Å². The van der Waals surface area contributed by atoms with Crippen LogP contribution in [0.5, 0.6) is 0 Å². The van der Waals surface area contributed by atoms with E-state index in [9.17, 15) is 9.59 Å². The first-order chi connectivity index (χ1) is 28.1. The minimum atomic E-state index is -0.410. The van der Waals surface area contributed by atoms with Crippen LogP contribution in [0.15, 0.2) is 25.3 Å². The lowest BCUT2D eigenvalue weighted by Crippen LogP contribution is -2.21. The molecule has 0 bridgehead atoms. The van der Waals surface area contributed by atoms with Gasteiger partial charge < -0.3 is 52.1 Å². The zero-order chi connectivity index (χ0) is 44.3. The van der Waals surface area contributed by atoms with Gasteiger partial charge in [-0.2, -0.15) is 0 Å². The van der Waals surface area contributed by atoms with Gasteiger partial charge in [0.05, 0.1) is 68.1 Å². The van der Waals surface area contributed by atoms with Gasteiger partial charge in [0.25, 0.3) is 0 Å². The van der Waals surface area contributed by atoms with E-state index in [-0.39, 0.29) is 61.0 Å². The summed E-state index contributed by atoms with van der Waals surface area (Å²) in [6.45, 7) is 33.1. The first-order valence-corrected chi connectivity index (χ1v) is 22.3. The predicted molar refractivity (Wildman–Crippen MR) is 232 cm³/mol. The van der Waals surface area contributed by atoms with Crippen molar-refractivity contribution in [3.05, 3.63) is 25.3 Å². The molecule has 0 aliphatic heterocycles. The third-order valence-corrected chi connectivity index (χ3v) is 9.76. The molecule has 0 aromatic heterocycles. The van der Waals surface area contributed by atoms with Crippen LogP contribution in [0.1, 0.15) is 133 Å². The fourth-order valence-corrected chi connectivity index (χ4v) is 5.36. The van der Waals surface area contributed by atoms with Crippen molar-refractivity contribution in [1.29, 1.82) is 0 Å². The lowest BCUT2D eigenvalue weighted by atomic mass is 10.2. The van der Waals surface area contributed by atoms with Crippen LogP contribution in [-0.4, -0.2) is 139 Å². The maximum absolute atomic E-state index is 11.2. The van der Waals surface area contributed by atoms with Gasteiger partial charge in [0.1, 0.15) is 6.10 Å². The van der Waals surface area contributed by atoms with Crippen molar-refractivity contribution in [2.75, 3.05) is 66.1 Å². The Hall–Kier alpha value is -1.94. The van der Waals surface area contributed by atoms with Crippen LogP contribution in [0.3, 0.4) is 0 Å². The summed E-state index contributed by atoms with van der Waals surface area (Å²) in [4.78, 5) is 22.4. The van der Waals surface area contributed by atoms with Crippen LogP contribution < -0.4 is 0 Å². The third-order valence-electron chi connectivity index (χ3n) is 9.76. The van der Waals surface area contributed by atoms with Gasteiger partial charge in [-0.25, -0.2) is 9.59 Å². The normalized spacial score (nSPS) is 16.8. The molecule has 0 aliphatic carbocycles. The smallest absolute Gasteiger partial charge is 0.330 e. The number of hydrogen-bond acceptors (Lipinski definition) is 13. The van der Waals surface area contributed by atoms with Gasteiger partial charge in [0.2, 0.25) is 0 Å². The molecule has 348 valence electrons. The van der Waals surface area contributed by atoms with Crippen LogP contribution in [0, 0.1) is 0 Å². The average molecular weight is 847 g/mol. The second-order valence-corrected chi connectivity index (χ2v) is 15.8. The van der Waals surface area contributed by atoms with Crippen LogP contribution in [0.2, 0.25) is 0 Å². The number of carbonyl (C=O) groups is 2. The van der Waals surface area contributed by atoms with E-state index in [1.54, 1.807) is 0 Å². The molecule has 0 amide bonds. The van der Waals surface area contributed by atoms with Gasteiger partial charge in [-0.1, -0.05) is 13.2 Å². The zero-order valence-electron chi connectivity index (χ0n) is 38.8. The third kappa shape index (κ3) is 37.5. The van der Waals surface area contributed by atoms with Gasteiger partial charge in [-0.15, -0.1) is 0 Å². The van der Waals surface area contributed by atoms with E-state index in [2.05, 4.69) is 61.6 Å². The second-order valence-electron chi connectivity index (χ2n) is 15.8. The Labute approximate surface area is 358 Å². The van der Waals surface area contributed by atoms with Crippen LogP contribution >= 0.6 is 0 Å². The fourth-order valence-electron chi connectivity index (χ4n) is 5.36. The van der Waals surface area contributed by atoms with Crippen molar-refractivity contribution in [2.45, 2.75) is 194 Å². The van der Waals surface area contributed by atoms with Crippen molar-refractivity contribution in [3.63, 3.8) is 0 Å². The highest BCUT2D eigenvalue weighted by atomic mass is 16.6. The van der Waals surface area contributed by atoms with Crippen molar-refractivity contribution in [3.8, 4) is 0 Å². The Balaban J connectivity index is 3.77. The standard InChI is InChI=1S/C46H86O13/c1-13-45(47)58-34-23-43(11)56-32-21-41(9)54-30-19-39(7)52-28-17-37(5)50-26-15-35(3)49-25-16-36(4)51-27-18-38(6)53-29-20-40(8)55-31-22-42(10)57-33-24-44(12)59-46(48)14-2/h13-14,35-44H,1-2,15-34H2,3-12H3. The zero-order valence-corrected chi connectivity index (χ0v) is 38.8.